The molecule has 0 radical (unpaired) electrons. The van der Waals surface area contributed by atoms with E-state index >= 15 is 0 Å². The molecular formula is C15H23N3O4. The van der Waals surface area contributed by atoms with Gasteiger partial charge in [-0.1, -0.05) is 32.3 Å². The van der Waals surface area contributed by atoms with Crippen LogP contribution in [0.2, 0.25) is 0 Å². The number of hydrogen-bond acceptors (Lipinski definition) is 5. The first kappa shape index (κ1) is 16.5. The summed E-state index contributed by atoms with van der Waals surface area (Å²) in [5.74, 6) is -0.870. The lowest BCUT2D eigenvalue weighted by atomic mass is 9.92. The molecule has 1 aliphatic rings. The number of anilines is 1. The maximum atomic E-state index is 12.1. The summed E-state index contributed by atoms with van der Waals surface area (Å²) < 4.78 is 5.11. The second-order valence-corrected chi connectivity index (χ2v) is 6.69. The number of carbonyl (C=O) groups excluding carboxylic acids is 1. The molecule has 1 amide bonds. The molecule has 1 aromatic heterocycles. The second kappa shape index (κ2) is 6.48. The zero-order valence-corrected chi connectivity index (χ0v) is 13.3. The quantitative estimate of drug-likeness (QED) is 0.881. The van der Waals surface area contributed by atoms with Crippen LogP contribution in [0.15, 0.2) is 10.6 Å². The van der Waals surface area contributed by atoms with Crippen molar-refractivity contribution in [3.63, 3.8) is 0 Å². The SMILES string of the molecule is CC(C)(C)c1cc(NC(=O)CN2CCCCC2C(=O)O)on1. The van der Waals surface area contributed by atoms with Crippen LogP contribution in [-0.4, -0.2) is 46.2 Å². The van der Waals surface area contributed by atoms with E-state index in [1.807, 2.05) is 20.8 Å². The average Bonchev–Trinajstić information content (AvgIpc) is 2.87. The number of aliphatic carboxylic acids is 1. The van der Waals surface area contributed by atoms with Gasteiger partial charge >= 0.3 is 5.97 Å². The van der Waals surface area contributed by atoms with Crippen molar-refractivity contribution in [3.8, 4) is 0 Å². The minimum atomic E-state index is -0.873. The molecule has 1 aliphatic heterocycles. The van der Waals surface area contributed by atoms with E-state index in [1.54, 1.807) is 11.0 Å². The van der Waals surface area contributed by atoms with Crippen molar-refractivity contribution in [2.45, 2.75) is 51.5 Å². The highest BCUT2D eigenvalue weighted by atomic mass is 16.5. The largest absolute Gasteiger partial charge is 0.480 e. The van der Waals surface area contributed by atoms with Crippen molar-refractivity contribution < 1.29 is 19.2 Å². The number of carbonyl (C=O) groups is 2. The Balaban J connectivity index is 1.94. The zero-order chi connectivity index (χ0) is 16.3. The van der Waals surface area contributed by atoms with E-state index < -0.39 is 12.0 Å². The fraction of sp³-hybridized carbons (Fsp3) is 0.667. The maximum absolute atomic E-state index is 12.1. The van der Waals surface area contributed by atoms with E-state index in [9.17, 15) is 14.7 Å². The highest BCUT2D eigenvalue weighted by molar-refractivity contribution is 5.91. The molecule has 2 heterocycles. The monoisotopic (exact) mass is 309 g/mol. The molecule has 2 N–H and O–H groups in total. The first-order valence-corrected chi connectivity index (χ1v) is 7.51. The Morgan fingerprint density at radius 2 is 2.18 bits per heavy atom. The fourth-order valence-electron chi connectivity index (χ4n) is 2.51. The first-order chi connectivity index (χ1) is 10.3. The van der Waals surface area contributed by atoms with Gasteiger partial charge in [-0.05, 0) is 19.4 Å². The molecule has 1 atom stereocenters. The normalized spacial score (nSPS) is 19.9. The molecule has 2 rings (SSSR count). The van der Waals surface area contributed by atoms with E-state index in [4.69, 9.17) is 4.52 Å². The minimum absolute atomic E-state index is 0.0442. The number of nitrogens with zero attached hydrogens (tertiary/aromatic N) is 2. The molecular weight excluding hydrogens is 286 g/mol. The van der Waals surface area contributed by atoms with Crippen LogP contribution in [0.4, 0.5) is 5.88 Å². The van der Waals surface area contributed by atoms with Crippen molar-refractivity contribution in [2.75, 3.05) is 18.4 Å². The molecule has 0 spiro atoms. The summed E-state index contributed by atoms with van der Waals surface area (Å²) >= 11 is 0. The van der Waals surface area contributed by atoms with Gasteiger partial charge in [-0.25, -0.2) is 0 Å². The van der Waals surface area contributed by atoms with Gasteiger partial charge in [0.15, 0.2) is 0 Å². The summed E-state index contributed by atoms with van der Waals surface area (Å²) in [7, 11) is 0. The summed E-state index contributed by atoms with van der Waals surface area (Å²) in [6.07, 6.45) is 2.37. The van der Waals surface area contributed by atoms with Crippen LogP contribution >= 0.6 is 0 Å². The molecule has 0 aliphatic carbocycles. The molecule has 1 saturated heterocycles. The third kappa shape index (κ3) is 4.07. The Morgan fingerprint density at radius 3 is 2.77 bits per heavy atom. The summed E-state index contributed by atoms with van der Waals surface area (Å²) in [5, 5.41) is 15.8. The zero-order valence-electron chi connectivity index (χ0n) is 13.3. The number of nitrogens with one attached hydrogen (secondary N) is 1. The number of rotatable bonds is 4. The Bertz CT molecular complexity index is 547. The van der Waals surface area contributed by atoms with Gasteiger partial charge in [-0.15, -0.1) is 0 Å². The van der Waals surface area contributed by atoms with Crippen LogP contribution < -0.4 is 5.32 Å². The standard InChI is InChI=1S/C15H23N3O4/c1-15(2,3)11-8-13(22-17-11)16-12(19)9-18-7-5-4-6-10(18)14(20)21/h8,10H,4-7,9H2,1-3H3,(H,16,19)(H,20,21). The number of piperidine rings is 1. The molecule has 0 aromatic carbocycles. The minimum Gasteiger partial charge on any atom is -0.480 e. The Labute approximate surface area is 129 Å². The topological polar surface area (TPSA) is 95.7 Å². The van der Waals surface area contributed by atoms with Crippen molar-refractivity contribution in [3.05, 3.63) is 11.8 Å². The second-order valence-electron chi connectivity index (χ2n) is 6.69. The molecule has 1 aromatic rings. The molecule has 122 valence electrons. The molecule has 1 fully saturated rings. The van der Waals surface area contributed by atoms with Gasteiger partial charge in [0.25, 0.3) is 0 Å². The average molecular weight is 309 g/mol. The van der Waals surface area contributed by atoms with Crippen LogP contribution in [0.5, 0.6) is 0 Å². The Morgan fingerprint density at radius 1 is 1.45 bits per heavy atom. The van der Waals surface area contributed by atoms with E-state index in [1.165, 1.54) is 0 Å². The number of carboxylic acid groups (broad SMARTS) is 1. The number of hydrogen-bond donors (Lipinski definition) is 2. The first-order valence-electron chi connectivity index (χ1n) is 7.51. The predicted octanol–water partition coefficient (Wildman–Crippen LogP) is 1.85. The molecule has 7 heteroatoms. The lowest BCUT2D eigenvalue weighted by Gasteiger charge is -2.31. The maximum Gasteiger partial charge on any atom is 0.320 e. The van der Waals surface area contributed by atoms with Crippen molar-refractivity contribution >= 4 is 17.8 Å². The van der Waals surface area contributed by atoms with E-state index in [0.717, 1.165) is 18.5 Å². The number of amides is 1. The van der Waals surface area contributed by atoms with Crippen LogP contribution in [0.1, 0.15) is 45.7 Å². The predicted molar refractivity (Wildman–Crippen MR) is 80.7 cm³/mol. The fourth-order valence-corrected chi connectivity index (χ4v) is 2.51. The smallest absolute Gasteiger partial charge is 0.320 e. The van der Waals surface area contributed by atoms with Crippen LogP contribution in [0.3, 0.4) is 0 Å². The Hall–Kier alpha value is -1.89. The van der Waals surface area contributed by atoms with Gasteiger partial charge in [0.2, 0.25) is 11.8 Å². The highest BCUT2D eigenvalue weighted by Gasteiger charge is 2.30. The highest BCUT2D eigenvalue weighted by Crippen LogP contribution is 2.23. The van der Waals surface area contributed by atoms with Crippen molar-refractivity contribution in [2.24, 2.45) is 0 Å². The van der Waals surface area contributed by atoms with Gasteiger partial charge in [-0.2, -0.15) is 0 Å². The summed E-state index contributed by atoms with van der Waals surface area (Å²) in [5.41, 5.74) is 0.595. The van der Waals surface area contributed by atoms with E-state index in [-0.39, 0.29) is 17.9 Å². The van der Waals surface area contributed by atoms with Gasteiger partial charge in [-0.3, -0.25) is 19.8 Å². The van der Waals surface area contributed by atoms with Crippen LogP contribution in [0.25, 0.3) is 0 Å². The summed E-state index contributed by atoms with van der Waals surface area (Å²) in [6.45, 7) is 6.67. The third-order valence-electron chi connectivity index (χ3n) is 3.79. The van der Waals surface area contributed by atoms with Crippen molar-refractivity contribution in [1.82, 2.24) is 10.1 Å². The third-order valence-corrected chi connectivity index (χ3v) is 3.79. The number of carboxylic acids is 1. The van der Waals surface area contributed by atoms with E-state index in [0.29, 0.717) is 18.8 Å². The van der Waals surface area contributed by atoms with Crippen LogP contribution in [0, 0.1) is 0 Å². The van der Waals surface area contributed by atoms with Gasteiger partial charge in [0.1, 0.15) is 6.04 Å². The van der Waals surface area contributed by atoms with Crippen LogP contribution in [-0.2, 0) is 15.0 Å². The van der Waals surface area contributed by atoms with E-state index in [2.05, 4.69) is 10.5 Å². The molecule has 7 nitrogen and oxygen atoms in total. The molecule has 1 unspecified atom stereocenters. The summed E-state index contributed by atoms with van der Waals surface area (Å²) in [4.78, 5) is 25.0. The number of likely N-dealkylation sites (tertiary alicyclic amines) is 1. The molecule has 0 saturated carbocycles. The lowest BCUT2D eigenvalue weighted by molar-refractivity contribution is -0.145. The Kier molecular flexibility index (Phi) is 4.85. The van der Waals surface area contributed by atoms with Gasteiger partial charge in [0, 0.05) is 11.5 Å². The summed E-state index contributed by atoms with van der Waals surface area (Å²) in [6, 6.07) is 1.11. The molecule has 22 heavy (non-hydrogen) atoms. The number of aromatic nitrogens is 1. The van der Waals surface area contributed by atoms with Gasteiger partial charge in [0.05, 0.1) is 12.2 Å². The van der Waals surface area contributed by atoms with Gasteiger partial charge < -0.3 is 9.63 Å². The van der Waals surface area contributed by atoms with Crippen molar-refractivity contribution in [1.29, 1.82) is 0 Å². The lowest BCUT2D eigenvalue weighted by Crippen LogP contribution is -2.47. The molecule has 0 bridgehead atoms.